The molecule has 3 aromatic rings. The first-order chi connectivity index (χ1) is 12.0. The Hall–Kier alpha value is -2.60. The first kappa shape index (κ1) is 15.9. The number of fused-ring (bicyclic) bond motifs is 1. The monoisotopic (exact) mass is 360 g/mol. The Kier molecular flexibility index (Phi) is 3.84. The van der Waals surface area contributed by atoms with Gasteiger partial charge in [0.2, 0.25) is 0 Å². The number of nitrogen functional groups attached to an aromatic ring is 1. The minimum Gasteiger partial charge on any atom is -0.383 e. The van der Waals surface area contributed by atoms with Crippen molar-refractivity contribution < 1.29 is 8.78 Å². The highest BCUT2D eigenvalue weighted by atomic mass is 35.5. The summed E-state index contributed by atoms with van der Waals surface area (Å²) in [4.78, 5) is 6.64. The van der Waals surface area contributed by atoms with Gasteiger partial charge in [0.05, 0.1) is 11.6 Å². The molecule has 0 saturated heterocycles. The molecule has 0 amide bonds. The Morgan fingerprint density at radius 3 is 2.52 bits per heavy atom. The predicted molar refractivity (Wildman–Crippen MR) is 94.5 cm³/mol. The molecule has 7 heteroatoms. The summed E-state index contributed by atoms with van der Waals surface area (Å²) in [6, 6.07) is 10.8. The van der Waals surface area contributed by atoms with Crippen molar-refractivity contribution in [1.82, 2.24) is 9.55 Å². The van der Waals surface area contributed by atoms with Gasteiger partial charge in [0, 0.05) is 24.3 Å². The predicted octanol–water partition coefficient (Wildman–Crippen LogP) is 4.08. The van der Waals surface area contributed by atoms with Crippen molar-refractivity contribution in [3.8, 4) is 11.3 Å². The number of nitrogens with two attached hydrogens (primary N) is 1. The first-order valence-corrected chi connectivity index (χ1v) is 8.21. The summed E-state index contributed by atoms with van der Waals surface area (Å²) in [5, 5.41) is 0.102. The van der Waals surface area contributed by atoms with Crippen molar-refractivity contribution in [2.45, 2.75) is 13.1 Å². The van der Waals surface area contributed by atoms with Crippen LogP contribution in [0, 0.1) is 11.6 Å². The summed E-state index contributed by atoms with van der Waals surface area (Å²) in [6.45, 7) is 1.82. The van der Waals surface area contributed by atoms with E-state index in [9.17, 15) is 8.78 Å². The number of rotatable bonds is 2. The van der Waals surface area contributed by atoms with Crippen LogP contribution in [-0.4, -0.2) is 16.1 Å². The second kappa shape index (κ2) is 6.04. The fourth-order valence-electron chi connectivity index (χ4n) is 3.08. The smallest absolute Gasteiger partial charge is 0.143 e. The Morgan fingerprint density at radius 2 is 1.80 bits per heavy atom. The molecule has 2 heterocycles. The molecule has 4 nitrogen and oxygen atoms in total. The Bertz CT molecular complexity index is 937. The molecule has 1 aliphatic heterocycles. The van der Waals surface area contributed by atoms with Crippen molar-refractivity contribution in [2.24, 2.45) is 0 Å². The van der Waals surface area contributed by atoms with Gasteiger partial charge in [0.1, 0.15) is 29.0 Å². The summed E-state index contributed by atoms with van der Waals surface area (Å²) in [6.07, 6.45) is 0. The van der Waals surface area contributed by atoms with Crippen LogP contribution < -0.4 is 10.6 Å². The van der Waals surface area contributed by atoms with E-state index in [0.29, 0.717) is 31.1 Å². The van der Waals surface area contributed by atoms with Crippen LogP contribution in [0.2, 0.25) is 5.02 Å². The van der Waals surface area contributed by atoms with Gasteiger partial charge in [-0.2, -0.15) is 0 Å². The molecule has 0 bridgehead atoms. The highest BCUT2D eigenvalue weighted by molar-refractivity contribution is 6.30. The molecule has 0 unspecified atom stereocenters. The van der Waals surface area contributed by atoms with E-state index in [-0.39, 0.29) is 10.8 Å². The summed E-state index contributed by atoms with van der Waals surface area (Å²) < 4.78 is 28.8. The minimum atomic E-state index is -0.445. The summed E-state index contributed by atoms with van der Waals surface area (Å²) >= 11 is 5.75. The molecule has 2 aromatic carbocycles. The van der Waals surface area contributed by atoms with Crippen LogP contribution >= 0.6 is 11.6 Å². The van der Waals surface area contributed by atoms with Crippen molar-refractivity contribution in [2.75, 3.05) is 17.2 Å². The number of benzene rings is 2. The van der Waals surface area contributed by atoms with Crippen LogP contribution in [0.5, 0.6) is 0 Å². The van der Waals surface area contributed by atoms with Gasteiger partial charge in [0.15, 0.2) is 0 Å². The fraction of sp³-hybridized carbons (Fsp3) is 0.167. The van der Waals surface area contributed by atoms with Gasteiger partial charge in [-0.15, -0.1) is 0 Å². The van der Waals surface area contributed by atoms with Crippen LogP contribution in [0.15, 0.2) is 42.5 Å². The van der Waals surface area contributed by atoms with E-state index in [1.807, 2.05) is 9.47 Å². The van der Waals surface area contributed by atoms with Crippen molar-refractivity contribution in [3.05, 3.63) is 64.9 Å². The van der Waals surface area contributed by atoms with Gasteiger partial charge in [-0.25, -0.2) is 13.8 Å². The van der Waals surface area contributed by atoms with Crippen LogP contribution in [0.1, 0.15) is 5.82 Å². The maximum atomic E-state index is 13.7. The third-order valence-corrected chi connectivity index (χ3v) is 4.70. The van der Waals surface area contributed by atoms with Gasteiger partial charge < -0.3 is 15.2 Å². The number of hydrogen-bond acceptors (Lipinski definition) is 3. The van der Waals surface area contributed by atoms with E-state index < -0.39 is 5.82 Å². The van der Waals surface area contributed by atoms with Gasteiger partial charge in [-0.05, 0) is 42.5 Å². The molecule has 0 spiro atoms. The maximum absolute atomic E-state index is 13.7. The van der Waals surface area contributed by atoms with Gasteiger partial charge in [-0.3, -0.25) is 0 Å². The van der Waals surface area contributed by atoms with Gasteiger partial charge in [0.25, 0.3) is 0 Å². The standard InChI is InChI=1S/C18H15ClF2N4/c19-14-6-5-13(9-15(14)21)24-7-8-25-16(10-24)23-17(18(25)22)11-1-3-12(20)4-2-11/h1-6,9H,7-8,10,22H2. The highest BCUT2D eigenvalue weighted by Crippen LogP contribution is 2.31. The lowest BCUT2D eigenvalue weighted by Gasteiger charge is -2.30. The lowest BCUT2D eigenvalue weighted by Crippen LogP contribution is -2.34. The van der Waals surface area contributed by atoms with Crippen molar-refractivity contribution in [1.29, 1.82) is 0 Å². The van der Waals surface area contributed by atoms with E-state index in [0.717, 1.165) is 17.1 Å². The number of anilines is 2. The molecular weight excluding hydrogens is 346 g/mol. The molecule has 0 fully saturated rings. The first-order valence-electron chi connectivity index (χ1n) is 7.84. The van der Waals surface area contributed by atoms with Crippen LogP contribution in [0.3, 0.4) is 0 Å². The molecule has 0 aliphatic carbocycles. The molecule has 0 radical (unpaired) electrons. The summed E-state index contributed by atoms with van der Waals surface area (Å²) in [7, 11) is 0. The van der Waals surface area contributed by atoms with E-state index in [1.54, 1.807) is 24.3 Å². The van der Waals surface area contributed by atoms with Crippen LogP contribution in [-0.2, 0) is 13.1 Å². The molecule has 0 atom stereocenters. The van der Waals surface area contributed by atoms with E-state index in [4.69, 9.17) is 17.3 Å². The summed E-state index contributed by atoms with van der Waals surface area (Å²) in [5.74, 6) is 0.601. The van der Waals surface area contributed by atoms with Crippen LogP contribution in [0.4, 0.5) is 20.3 Å². The normalized spacial score (nSPS) is 13.8. The average Bonchev–Trinajstić information content (AvgIpc) is 2.94. The molecule has 4 rings (SSSR count). The number of hydrogen-bond donors (Lipinski definition) is 1. The SMILES string of the molecule is Nc1c(-c2ccc(F)cc2)nc2n1CCN(c1ccc(Cl)c(F)c1)C2. The summed E-state index contributed by atoms with van der Waals surface area (Å²) in [5.41, 5.74) is 8.39. The molecule has 128 valence electrons. The Labute approximate surface area is 148 Å². The number of nitrogens with zero attached hydrogens (tertiary/aromatic N) is 3. The lowest BCUT2D eigenvalue weighted by molar-refractivity contribution is 0.562. The quantitative estimate of drug-likeness (QED) is 0.749. The zero-order valence-corrected chi connectivity index (χ0v) is 14.0. The average molecular weight is 361 g/mol. The third kappa shape index (κ3) is 2.82. The zero-order valence-electron chi connectivity index (χ0n) is 13.2. The molecule has 1 aromatic heterocycles. The zero-order chi connectivity index (χ0) is 17.6. The van der Waals surface area contributed by atoms with Gasteiger partial charge >= 0.3 is 0 Å². The largest absolute Gasteiger partial charge is 0.383 e. The van der Waals surface area contributed by atoms with Crippen molar-refractivity contribution in [3.63, 3.8) is 0 Å². The molecule has 0 saturated carbocycles. The number of halogens is 3. The van der Waals surface area contributed by atoms with E-state index in [1.165, 1.54) is 18.2 Å². The Balaban J connectivity index is 1.66. The minimum absolute atomic E-state index is 0.102. The lowest BCUT2D eigenvalue weighted by atomic mass is 10.1. The second-order valence-corrected chi connectivity index (χ2v) is 6.35. The van der Waals surface area contributed by atoms with E-state index in [2.05, 4.69) is 4.98 Å². The van der Waals surface area contributed by atoms with Crippen LogP contribution in [0.25, 0.3) is 11.3 Å². The van der Waals surface area contributed by atoms with E-state index >= 15 is 0 Å². The topological polar surface area (TPSA) is 47.1 Å². The number of imidazole rings is 1. The highest BCUT2D eigenvalue weighted by Gasteiger charge is 2.23. The van der Waals surface area contributed by atoms with Gasteiger partial charge in [-0.1, -0.05) is 11.6 Å². The second-order valence-electron chi connectivity index (χ2n) is 5.94. The molecule has 25 heavy (non-hydrogen) atoms. The molecular formula is C18H15ClF2N4. The number of aromatic nitrogens is 2. The van der Waals surface area contributed by atoms with Crippen molar-refractivity contribution >= 4 is 23.1 Å². The molecule has 2 N–H and O–H groups in total. The fourth-order valence-corrected chi connectivity index (χ4v) is 3.19. The third-order valence-electron chi connectivity index (χ3n) is 4.40. The Morgan fingerprint density at radius 1 is 1.04 bits per heavy atom. The maximum Gasteiger partial charge on any atom is 0.143 e. The molecule has 1 aliphatic rings.